The summed E-state index contributed by atoms with van der Waals surface area (Å²) in [5.41, 5.74) is 1.01. The second-order valence-electron chi connectivity index (χ2n) is 7.73. The van der Waals surface area contributed by atoms with Gasteiger partial charge in [0.1, 0.15) is 12.1 Å². The lowest BCUT2D eigenvalue weighted by molar-refractivity contribution is -0.137. The van der Waals surface area contributed by atoms with Crippen molar-refractivity contribution < 1.29 is 14.4 Å². The fourth-order valence-electron chi connectivity index (χ4n) is 4.24. The molecule has 2 aromatic rings. The van der Waals surface area contributed by atoms with Crippen molar-refractivity contribution in [3.8, 4) is 5.69 Å². The molecule has 2 heterocycles. The zero-order valence-electron chi connectivity index (χ0n) is 16.5. The summed E-state index contributed by atoms with van der Waals surface area (Å²) in [6.07, 6.45) is 7.80. The zero-order chi connectivity index (χ0) is 20.4. The number of likely N-dealkylation sites (N-methyl/N-ethyl adjacent to an activating group) is 1. The van der Waals surface area contributed by atoms with Crippen LogP contribution in [0.5, 0.6) is 0 Å². The molecule has 4 rings (SSSR count). The van der Waals surface area contributed by atoms with Gasteiger partial charge in [-0.15, -0.1) is 0 Å². The van der Waals surface area contributed by atoms with Gasteiger partial charge in [-0.25, -0.2) is 9.48 Å². The van der Waals surface area contributed by atoms with Crippen molar-refractivity contribution in [3.63, 3.8) is 0 Å². The van der Waals surface area contributed by atoms with E-state index in [-0.39, 0.29) is 30.9 Å². The second kappa shape index (κ2) is 7.69. The number of para-hydroxylation sites is 1. The average Bonchev–Trinajstić information content (AvgIpc) is 3.29. The van der Waals surface area contributed by atoms with Crippen LogP contribution in [-0.4, -0.2) is 56.6 Å². The molecule has 8 heteroatoms. The molecule has 1 saturated carbocycles. The third-order valence-corrected chi connectivity index (χ3v) is 5.93. The van der Waals surface area contributed by atoms with E-state index in [1.54, 1.807) is 17.9 Å². The number of aromatic nitrogens is 2. The molecular formula is C21H25N5O3. The Morgan fingerprint density at radius 3 is 2.59 bits per heavy atom. The van der Waals surface area contributed by atoms with Gasteiger partial charge in [-0.1, -0.05) is 37.5 Å². The summed E-state index contributed by atoms with van der Waals surface area (Å²) in [6.45, 7) is 0.0272. The Hall–Kier alpha value is -3.16. The molecule has 1 N–H and O–H groups in total. The smallest absolute Gasteiger partial charge is 0.327 e. The van der Waals surface area contributed by atoms with E-state index in [0.717, 1.165) is 35.4 Å². The number of carbonyl (C=O) groups is 3. The highest BCUT2D eigenvalue weighted by Crippen LogP contribution is 2.39. The van der Waals surface area contributed by atoms with E-state index >= 15 is 0 Å². The first-order valence-electron chi connectivity index (χ1n) is 9.97. The van der Waals surface area contributed by atoms with E-state index in [2.05, 4.69) is 10.4 Å². The van der Waals surface area contributed by atoms with Crippen molar-refractivity contribution in [1.82, 2.24) is 24.9 Å². The van der Waals surface area contributed by atoms with E-state index in [1.807, 2.05) is 36.5 Å². The predicted molar refractivity (Wildman–Crippen MR) is 106 cm³/mol. The summed E-state index contributed by atoms with van der Waals surface area (Å²) < 4.78 is 1.73. The van der Waals surface area contributed by atoms with Crippen LogP contribution in [0.2, 0.25) is 0 Å². The Kier molecular flexibility index (Phi) is 5.08. The topological polar surface area (TPSA) is 87.5 Å². The molecular weight excluding hydrogens is 370 g/mol. The Balaban J connectivity index is 1.36. The lowest BCUT2D eigenvalue weighted by atomic mass is 9.81. The molecule has 0 bridgehead atoms. The Bertz CT molecular complexity index is 917. The second-order valence-corrected chi connectivity index (χ2v) is 7.73. The molecule has 1 aromatic carbocycles. The quantitative estimate of drug-likeness (QED) is 0.786. The molecule has 1 aliphatic heterocycles. The molecule has 2 aliphatic rings. The molecule has 1 saturated heterocycles. The molecule has 1 spiro atoms. The van der Waals surface area contributed by atoms with E-state index < -0.39 is 5.54 Å². The Morgan fingerprint density at radius 1 is 1.14 bits per heavy atom. The van der Waals surface area contributed by atoms with Crippen molar-refractivity contribution in [2.24, 2.45) is 0 Å². The molecule has 0 unspecified atom stereocenters. The highest BCUT2D eigenvalue weighted by atomic mass is 16.2. The number of amides is 4. The van der Waals surface area contributed by atoms with Gasteiger partial charge in [-0.2, -0.15) is 5.10 Å². The highest BCUT2D eigenvalue weighted by molar-refractivity contribution is 6.08. The molecule has 1 aromatic heterocycles. The highest BCUT2D eigenvalue weighted by Gasteiger charge is 2.55. The summed E-state index contributed by atoms with van der Waals surface area (Å²) in [5.74, 6) is -0.600. The number of carbonyl (C=O) groups excluding carboxylic acids is 3. The van der Waals surface area contributed by atoms with Crippen LogP contribution in [0.3, 0.4) is 0 Å². The number of imide groups is 1. The normalized spacial score (nSPS) is 18.5. The average molecular weight is 395 g/mol. The lowest BCUT2D eigenvalue weighted by Gasteiger charge is -2.35. The molecule has 1 aliphatic carbocycles. The summed E-state index contributed by atoms with van der Waals surface area (Å²) in [5, 5.41) is 7.08. The van der Waals surface area contributed by atoms with Gasteiger partial charge in [0.25, 0.3) is 5.91 Å². The van der Waals surface area contributed by atoms with E-state index in [4.69, 9.17) is 0 Å². The number of nitrogens with zero attached hydrogens (tertiary/aromatic N) is 4. The van der Waals surface area contributed by atoms with Gasteiger partial charge >= 0.3 is 6.03 Å². The summed E-state index contributed by atoms with van der Waals surface area (Å²) in [6, 6.07) is 9.29. The molecule has 152 valence electrons. The maximum absolute atomic E-state index is 12.9. The number of rotatable bonds is 5. The van der Waals surface area contributed by atoms with Crippen LogP contribution in [-0.2, 0) is 16.1 Å². The van der Waals surface area contributed by atoms with Crippen molar-refractivity contribution in [1.29, 1.82) is 0 Å². The fraction of sp³-hybridized carbons (Fsp3) is 0.429. The number of hydrogen-bond acceptors (Lipinski definition) is 4. The van der Waals surface area contributed by atoms with Gasteiger partial charge in [0, 0.05) is 25.4 Å². The van der Waals surface area contributed by atoms with Crippen LogP contribution in [0.4, 0.5) is 4.79 Å². The van der Waals surface area contributed by atoms with Crippen molar-refractivity contribution in [2.45, 2.75) is 44.2 Å². The van der Waals surface area contributed by atoms with Gasteiger partial charge in [-0.3, -0.25) is 14.5 Å². The monoisotopic (exact) mass is 395 g/mol. The van der Waals surface area contributed by atoms with Gasteiger partial charge in [0.05, 0.1) is 11.9 Å². The minimum Gasteiger partial charge on any atom is -0.350 e. The van der Waals surface area contributed by atoms with Crippen molar-refractivity contribution in [2.75, 3.05) is 13.6 Å². The summed E-state index contributed by atoms with van der Waals surface area (Å²) in [4.78, 5) is 40.6. The van der Waals surface area contributed by atoms with Crippen LogP contribution in [0.1, 0.15) is 37.7 Å². The fourth-order valence-corrected chi connectivity index (χ4v) is 4.24. The minimum atomic E-state index is -0.758. The SMILES string of the molecule is CN1C(=O)N(CC(=O)NCc2cnn(-c3ccccc3)c2)C(=O)C12CCCCC2. The molecule has 8 nitrogen and oxygen atoms in total. The van der Waals surface area contributed by atoms with Crippen LogP contribution >= 0.6 is 0 Å². The van der Waals surface area contributed by atoms with Gasteiger partial charge in [0.2, 0.25) is 5.91 Å². The molecule has 29 heavy (non-hydrogen) atoms. The number of hydrogen-bond donors (Lipinski definition) is 1. The van der Waals surface area contributed by atoms with Gasteiger partial charge < -0.3 is 10.2 Å². The van der Waals surface area contributed by atoms with E-state index in [1.165, 1.54) is 4.90 Å². The first kappa shape index (κ1) is 19.2. The molecule has 0 radical (unpaired) electrons. The number of benzene rings is 1. The summed E-state index contributed by atoms with van der Waals surface area (Å²) >= 11 is 0. The van der Waals surface area contributed by atoms with Crippen LogP contribution in [0.25, 0.3) is 5.69 Å². The molecule has 4 amide bonds. The Labute approximate surface area is 169 Å². The van der Waals surface area contributed by atoms with Crippen LogP contribution < -0.4 is 5.32 Å². The third kappa shape index (κ3) is 3.50. The first-order valence-corrected chi connectivity index (χ1v) is 9.97. The third-order valence-electron chi connectivity index (χ3n) is 5.93. The largest absolute Gasteiger partial charge is 0.350 e. The first-order chi connectivity index (χ1) is 14.0. The minimum absolute atomic E-state index is 0.239. The predicted octanol–water partition coefficient (Wildman–Crippen LogP) is 2.09. The van der Waals surface area contributed by atoms with Gasteiger partial charge in [0.15, 0.2) is 0 Å². The zero-order valence-corrected chi connectivity index (χ0v) is 16.5. The summed E-state index contributed by atoms with van der Waals surface area (Å²) in [7, 11) is 1.67. The lowest BCUT2D eigenvalue weighted by Crippen LogP contribution is -2.49. The maximum atomic E-state index is 12.9. The van der Waals surface area contributed by atoms with Crippen molar-refractivity contribution >= 4 is 17.8 Å². The molecule has 0 atom stereocenters. The number of nitrogens with one attached hydrogen (secondary N) is 1. The van der Waals surface area contributed by atoms with Gasteiger partial charge in [-0.05, 0) is 25.0 Å². The van der Waals surface area contributed by atoms with Crippen LogP contribution in [0.15, 0.2) is 42.7 Å². The maximum Gasteiger partial charge on any atom is 0.327 e. The van der Waals surface area contributed by atoms with Crippen LogP contribution in [0, 0.1) is 0 Å². The Morgan fingerprint density at radius 2 is 1.86 bits per heavy atom. The standard InChI is InChI=1S/C21H25N5O3/c1-24-20(29)25(19(28)21(24)10-6-3-7-11-21)15-18(27)22-12-16-13-23-26(14-16)17-8-4-2-5-9-17/h2,4-5,8-9,13-14H,3,6-7,10-12,15H2,1H3,(H,22,27). The van der Waals surface area contributed by atoms with E-state index in [0.29, 0.717) is 12.8 Å². The molecule has 2 fully saturated rings. The van der Waals surface area contributed by atoms with Crippen molar-refractivity contribution in [3.05, 3.63) is 48.3 Å². The number of urea groups is 1. The van der Waals surface area contributed by atoms with E-state index in [9.17, 15) is 14.4 Å².